The third-order valence-electron chi connectivity index (χ3n) is 2.51. The van der Waals surface area contributed by atoms with E-state index in [4.69, 9.17) is 5.26 Å². The average Bonchev–Trinajstić information content (AvgIpc) is 2.31. The normalized spacial score (nSPS) is 9.94. The molecule has 2 rings (SSSR count). The summed E-state index contributed by atoms with van der Waals surface area (Å²) < 4.78 is 0.990. The smallest absolute Gasteiger partial charge is 0.266 e. The van der Waals surface area contributed by atoms with E-state index in [0.717, 1.165) is 21.3 Å². The Morgan fingerprint density at radius 2 is 1.94 bits per heavy atom. The minimum absolute atomic E-state index is 0.133. The van der Waals surface area contributed by atoms with Gasteiger partial charge < -0.3 is 4.98 Å². The molecule has 0 bridgehead atoms. The highest BCUT2D eigenvalue weighted by atomic mass is 79.9. The Bertz CT molecular complexity index is 651. The highest BCUT2D eigenvalue weighted by Crippen LogP contribution is 2.23. The summed E-state index contributed by atoms with van der Waals surface area (Å²) in [5.74, 6) is 0. The van der Waals surface area contributed by atoms with Gasteiger partial charge in [0.15, 0.2) is 0 Å². The number of aromatic nitrogens is 1. The van der Waals surface area contributed by atoms with Gasteiger partial charge in [-0.1, -0.05) is 28.1 Å². The van der Waals surface area contributed by atoms with Crippen molar-refractivity contribution >= 4 is 15.9 Å². The van der Waals surface area contributed by atoms with Crippen molar-refractivity contribution in [1.29, 1.82) is 5.26 Å². The van der Waals surface area contributed by atoms with Crippen molar-refractivity contribution in [3.8, 4) is 17.2 Å². The number of pyridine rings is 1. The van der Waals surface area contributed by atoms with Crippen LogP contribution in [0.1, 0.15) is 11.3 Å². The van der Waals surface area contributed by atoms with E-state index in [1.54, 1.807) is 6.07 Å². The second-order valence-electron chi connectivity index (χ2n) is 3.67. The van der Waals surface area contributed by atoms with Gasteiger partial charge in [-0.2, -0.15) is 5.26 Å². The summed E-state index contributed by atoms with van der Waals surface area (Å²) in [6.07, 6.45) is 0. The molecule has 0 radical (unpaired) electrons. The first-order valence-electron chi connectivity index (χ1n) is 5.02. The molecular formula is C13H9BrN2O. The summed E-state index contributed by atoms with van der Waals surface area (Å²) in [5, 5.41) is 8.85. The Balaban J connectivity index is 2.64. The van der Waals surface area contributed by atoms with E-state index in [1.165, 1.54) is 0 Å². The van der Waals surface area contributed by atoms with Gasteiger partial charge in [-0.15, -0.1) is 0 Å². The number of aryl methyl sites for hydroxylation is 1. The molecule has 0 aliphatic heterocycles. The molecule has 0 spiro atoms. The number of benzene rings is 1. The van der Waals surface area contributed by atoms with Crippen molar-refractivity contribution in [2.75, 3.05) is 0 Å². The van der Waals surface area contributed by atoms with Gasteiger partial charge in [0.2, 0.25) is 0 Å². The van der Waals surface area contributed by atoms with Crippen molar-refractivity contribution < 1.29 is 0 Å². The maximum atomic E-state index is 11.4. The van der Waals surface area contributed by atoms with Crippen LogP contribution in [0, 0.1) is 18.3 Å². The van der Waals surface area contributed by atoms with Crippen molar-refractivity contribution in [1.82, 2.24) is 4.98 Å². The second-order valence-corrected chi connectivity index (χ2v) is 4.59. The number of H-pyrrole nitrogens is 1. The Hall–Kier alpha value is -1.86. The summed E-state index contributed by atoms with van der Waals surface area (Å²) in [6, 6.07) is 11.2. The lowest BCUT2D eigenvalue weighted by molar-refractivity contribution is 1.13. The Morgan fingerprint density at radius 3 is 2.53 bits per heavy atom. The molecule has 0 unspecified atom stereocenters. The van der Waals surface area contributed by atoms with Gasteiger partial charge in [0.25, 0.3) is 5.56 Å². The van der Waals surface area contributed by atoms with E-state index >= 15 is 0 Å². The van der Waals surface area contributed by atoms with Gasteiger partial charge in [-0.3, -0.25) is 4.79 Å². The van der Waals surface area contributed by atoms with Crippen LogP contribution in [-0.4, -0.2) is 4.98 Å². The Labute approximate surface area is 107 Å². The summed E-state index contributed by atoms with van der Waals surface area (Å²) >= 11 is 3.37. The maximum absolute atomic E-state index is 11.4. The van der Waals surface area contributed by atoms with Gasteiger partial charge >= 0.3 is 0 Å². The third-order valence-corrected chi connectivity index (χ3v) is 3.04. The van der Waals surface area contributed by atoms with Gasteiger partial charge in [-0.05, 0) is 30.7 Å². The van der Waals surface area contributed by atoms with Crippen LogP contribution in [-0.2, 0) is 0 Å². The number of nitrogens with zero attached hydrogens (tertiary/aromatic N) is 1. The quantitative estimate of drug-likeness (QED) is 0.877. The number of nitrogens with one attached hydrogen (secondary N) is 1. The molecule has 1 aromatic heterocycles. The Morgan fingerprint density at radius 1 is 1.29 bits per heavy atom. The lowest BCUT2D eigenvalue weighted by atomic mass is 10.0. The minimum Gasteiger partial charge on any atom is -0.325 e. The molecule has 4 heteroatoms. The van der Waals surface area contributed by atoms with Crippen molar-refractivity contribution in [3.05, 3.63) is 56.4 Å². The third kappa shape index (κ3) is 2.29. The topological polar surface area (TPSA) is 56.6 Å². The number of hydrogen-bond donors (Lipinski definition) is 1. The molecule has 0 saturated heterocycles. The van der Waals surface area contributed by atoms with E-state index < -0.39 is 0 Å². The van der Waals surface area contributed by atoms with Crippen molar-refractivity contribution in [2.24, 2.45) is 0 Å². The molecule has 0 amide bonds. The zero-order valence-corrected chi connectivity index (χ0v) is 10.7. The molecule has 0 saturated carbocycles. The standard InChI is InChI=1S/C13H9BrN2O/c1-8-12(6-10(7-15)13(17)16-8)9-2-4-11(14)5-3-9/h2-6H,1H3,(H,16,17). The molecule has 0 fully saturated rings. The molecule has 3 nitrogen and oxygen atoms in total. The predicted molar refractivity (Wildman–Crippen MR) is 69.7 cm³/mol. The molecule has 1 aromatic carbocycles. The fraction of sp³-hybridized carbons (Fsp3) is 0.0769. The van der Waals surface area contributed by atoms with Crippen LogP contribution >= 0.6 is 15.9 Å². The number of nitriles is 1. The summed E-state index contributed by atoms with van der Waals surface area (Å²) in [4.78, 5) is 14.1. The summed E-state index contributed by atoms with van der Waals surface area (Å²) in [6.45, 7) is 1.82. The number of aromatic amines is 1. The number of halogens is 1. The predicted octanol–water partition coefficient (Wildman–Crippen LogP) is 2.98. The molecule has 0 aliphatic rings. The van der Waals surface area contributed by atoms with Crippen LogP contribution in [0.3, 0.4) is 0 Å². The fourth-order valence-electron chi connectivity index (χ4n) is 1.64. The molecule has 2 aromatic rings. The van der Waals surface area contributed by atoms with Crippen LogP contribution in [0.25, 0.3) is 11.1 Å². The molecule has 84 valence electrons. The van der Waals surface area contributed by atoms with Crippen LogP contribution in [0.15, 0.2) is 39.6 Å². The van der Waals surface area contributed by atoms with Gasteiger partial charge in [0.05, 0.1) is 0 Å². The highest BCUT2D eigenvalue weighted by Gasteiger charge is 2.07. The van der Waals surface area contributed by atoms with Crippen LogP contribution in [0.2, 0.25) is 0 Å². The molecule has 0 atom stereocenters. The summed E-state index contributed by atoms with van der Waals surface area (Å²) in [7, 11) is 0. The van der Waals surface area contributed by atoms with Crippen molar-refractivity contribution in [2.45, 2.75) is 6.92 Å². The molecule has 17 heavy (non-hydrogen) atoms. The van der Waals surface area contributed by atoms with Crippen LogP contribution in [0.5, 0.6) is 0 Å². The number of rotatable bonds is 1. The molecule has 0 aliphatic carbocycles. The lowest BCUT2D eigenvalue weighted by Gasteiger charge is -2.06. The van der Waals surface area contributed by atoms with E-state index in [0.29, 0.717) is 0 Å². The lowest BCUT2D eigenvalue weighted by Crippen LogP contribution is -2.11. The average molecular weight is 289 g/mol. The maximum Gasteiger partial charge on any atom is 0.266 e. The first-order valence-corrected chi connectivity index (χ1v) is 5.81. The van der Waals surface area contributed by atoms with E-state index in [-0.39, 0.29) is 11.1 Å². The zero-order chi connectivity index (χ0) is 12.4. The highest BCUT2D eigenvalue weighted by molar-refractivity contribution is 9.10. The van der Waals surface area contributed by atoms with Gasteiger partial charge in [0.1, 0.15) is 11.6 Å². The first kappa shape index (κ1) is 11.6. The van der Waals surface area contributed by atoms with Gasteiger partial charge in [0, 0.05) is 15.7 Å². The summed E-state index contributed by atoms with van der Waals surface area (Å²) in [5.41, 5.74) is 2.39. The van der Waals surface area contributed by atoms with Crippen LogP contribution in [0.4, 0.5) is 0 Å². The van der Waals surface area contributed by atoms with Gasteiger partial charge in [-0.25, -0.2) is 0 Å². The van der Waals surface area contributed by atoms with Crippen molar-refractivity contribution in [3.63, 3.8) is 0 Å². The first-order chi connectivity index (χ1) is 8.11. The molecule has 1 heterocycles. The molecular weight excluding hydrogens is 280 g/mol. The monoisotopic (exact) mass is 288 g/mol. The van der Waals surface area contributed by atoms with Crippen LogP contribution < -0.4 is 5.56 Å². The van der Waals surface area contributed by atoms with E-state index in [2.05, 4.69) is 20.9 Å². The van der Waals surface area contributed by atoms with E-state index in [9.17, 15) is 4.79 Å². The minimum atomic E-state index is -0.342. The molecule has 1 N–H and O–H groups in total. The zero-order valence-electron chi connectivity index (χ0n) is 9.12. The Kier molecular flexibility index (Phi) is 3.12. The van der Waals surface area contributed by atoms with E-state index in [1.807, 2.05) is 37.3 Å². The number of hydrogen-bond acceptors (Lipinski definition) is 2. The second kappa shape index (κ2) is 4.56. The fourth-order valence-corrected chi connectivity index (χ4v) is 1.90. The largest absolute Gasteiger partial charge is 0.325 e. The SMILES string of the molecule is Cc1[nH]c(=O)c(C#N)cc1-c1ccc(Br)cc1.